The van der Waals surface area contributed by atoms with Crippen molar-refractivity contribution in [2.45, 2.75) is 46.5 Å². The highest BCUT2D eigenvalue weighted by molar-refractivity contribution is 6.30. The fourth-order valence-corrected chi connectivity index (χ4v) is 7.35. The molecule has 5 aromatic carbocycles. The van der Waals surface area contributed by atoms with Gasteiger partial charge >= 0.3 is 0 Å². The molecule has 252 valence electrons. The number of nitrogens with zero attached hydrogens (tertiary/aromatic N) is 3. The zero-order valence-electron chi connectivity index (χ0n) is 29.6. The number of carbonyl (C=O) groups is 1. The molecule has 0 fully saturated rings. The third-order valence-electron chi connectivity index (χ3n) is 9.31. The Morgan fingerprint density at radius 1 is 0.740 bits per heavy atom. The molecule has 7 nitrogen and oxygen atoms in total. The molecule has 2 N–H and O–H groups in total. The molecular formula is C43H42N4O3. The van der Waals surface area contributed by atoms with Crippen LogP contribution in [0.3, 0.4) is 0 Å². The molecule has 1 aliphatic rings. The Bertz CT molecular complexity index is 2250. The van der Waals surface area contributed by atoms with E-state index in [0.717, 1.165) is 17.8 Å². The maximum absolute atomic E-state index is 14.5. The van der Waals surface area contributed by atoms with Crippen LogP contribution in [0.2, 0.25) is 0 Å². The normalized spacial score (nSPS) is 12.5. The van der Waals surface area contributed by atoms with Gasteiger partial charge in [-0.15, -0.1) is 10.2 Å². The van der Waals surface area contributed by atoms with Crippen LogP contribution >= 0.6 is 0 Å². The number of fused-ring (bicyclic) bond motifs is 2. The molecule has 7 heteroatoms. The van der Waals surface area contributed by atoms with E-state index < -0.39 is 0 Å². The monoisotopic (exact) mass is 662 g/mol. The summed E-state index contributed by atoms with van der Waals surface area (Å²) in [6, 6.07) is 32.8. The van der Waals surface area contributed by atoms with Crippen molar-refractivity contribution in [3.63, 3.8) is 0 Å². The highest BCUT2D eigenvalue weighted by atomic mass is 16.5. The number of benzene rings is 5. The highest BCUT2D eigenvalue weighted by Crippen LogP contribution is 2.50. The minimum atomic E-state index is -0.125. The Balaban J connectivity index is 1.48. The molecule has 0 unspecified atom stereocenters. The summed E-state index contributed by atoms with van der Waals surface area (Å²) in [6.45, 7) is 11.3. The molecule has 1 aromatic heterocycles. The summed E-state index contributed by atoms with van der Waals surface area (Å²) in [5.41, 5.74) is 6.85. The van der Waals surface area contributed by atoms with Gasteiger partial charge in [0.25, 0.3) is 0 Å². The lowest BCUT2D eigenvalue weighted by molar-refractivity contribution is 0.104. The second-order valence-electron chi connectivity index (χ2n) is 15.2. The van der Waals surface area contributed by atoms with Gasteiger partial charge in [-0.25, -0.2) is 0 Å². The summed E-state index contributed by atoms with van der Waals surface area (Å²) in [5.74, 6) is 1.05. The van der Waals surface area contributed by atoms with E-state index in [-0.39, 0.29) is 22.4 Å². The molecule has 0 saturated heterocycles. The molecule has 0 atom stereocenters. The molecule has 6 aromatic rings. The van der Waals surface area contributed by atoms with Gasteiger partial charge in [0.05, 0.1) is 16.6 Å². The first-order chi connectivity index (χ1) is 23.8. The number of para-hydroxylation sites is 1. The molecule has 1 heterocycles. The van der Waals surface area contributed by atoms with E-state index in [2.05, 4.69) is 52.1 Å². The number of rotatable bonds is 8. The van der Waals surface area contributed by atoms with Gasteiger partial charge in [-0.3, -0.25) is 4.79 Å². The summed E-state index contributed by atoms with van der Waals surface area (Å²) >= 11 is 0. The quantitative estimate of drug-likeness (QED) is 0.167. The molecule has 7 rings (SSSR count). The van der Waals surface area contributed by atoms with Crippen LogP contribution in [0.4, 0.5) is 17.1 Å². The number of hydrogen-bond acceptors (Lipinski definition) is 7. The molecule has 50 heavy (non-hydrogen) atoms. The van der Waals surface area contributed by atoms with Crippen molar-refractivity contribution >= 4 is 33.6 Å². The number of hydrogen-bond donors (Lipinski definition) is 2. The number of anilines is 3. The SMILES string of the molecule is CN(C)c1ccc(-c2nnc3c4c(c(Nc5ccccc5)cc(Oc5ccc(C(C)(C)CC(C)(C)C)cc5)c24)C(=O)c2ccccc2-3)c(O)c1. The van der Waals surface area contributed by atoms with E-state index in [1.54, 1.807) is 6.07 Å². The number of aromatic hydroxyl groups is 1. The number of nitrogens with one attached hydrogen (secondary N) is 1. The van der Waals surface area contributed by atoms with E-state index in [9.17, 15) is 9.90 Å². The van der Waals surface area contributed by atoms with Crippen molar-refractivity contribution in [1.82, 2.24) is 10.2 Å². The maximum Gasteiger partial charge on any atom is 0.196 e. The zero-order chi connectivity index (χ0) is 35.4. The third kappa shape index (κ3) is 6.04. The summed E-state index contributed by atoms with van der Waals surface area (Å²) in [6.07, 6.45) is 1.03. The van der Waals surface area contributed by atoms with Gasteiger partial charge in [0.15, 0.2) is 5.78 Å². The number of aromatic nitrogens is 2. The standard InChI is InChI=1S/C43H42N4O3/c1-42(2,3)25-43(4,5)26-17-20-29(21-18-26)50-35-24-33(44-27-13-9-8-10-14-27)36-38-37(35)40(32-22-19-28(47(6)7)23-34(32)48)46-45-39(38)30-15-11-12-16-31(30)41(36)49/h8-24,44,48H,25H2,1-7H3. The van der Waals surface area contributed by atoms with Gasteiger partial charge in [-0.2, -0.15) is 0 Å². The molecule has 0 radical (unpaired) electrons. The number of phenolic OH excluding ortho intramolecular Hbond substituents is 1. The number of phenols is 1. The summed E-state index contributed by atoms with van der Waals surface area (Å²) in [5, 5.41) is 25.6. The number of ketones is 1. The van der Waals surface area contributed by atoms with Gasteiger partial charge in [-0.05, 0) is 59.2 Å². The molecule has 0 saturated carbocycles. The van der Waals surface area contributed by atoms with Crippen LogP contribution in [0.5, 0.6) is 17.2 Å². The third-order valence-corrected chi connectivity index (χ3v) is 9.31. The van der Waals surface area contributed by atoms with E-state index in [1.807, 2.05) is 104 Å². The van der Waals surface area contributed by atoms with Crippen molar-refractivity contribution in [1.29, 1.82) is 0 Å². The van der Waals surface area contributed by atoms with Crippen LogP contribution in [0.1, 0.15) is 62.5 Å². The van der Waals surface area contributed by atoms with Gasteiger partial charge in [0.2, 0.25) is 0 Å². The van der Waals surface area contributed by atoms with E-state index in [1.165, 1.54) is 5.56 Å². The lowest BCUT2D eigenvalue weighted by Gasteiger charge is -2.33. The van der Waals surface area contributed by atoms with Crippen LogP contribution in [-0.4, -0.2) is 35.2 Å². The van der Waals surface area contributed by atoms with Crippen molar-refractivity contribution in [3.05, 3.63) is 120 Å². The summed E-state index contributed by atoms with van der Waals surface area (Å²) in [7, 11) is 3.84. The molecular weight excluding hydrogens is 620 g/mol. The lowest BCUT2D eigenvalue weighted by Crippen LogP contribution is -2.24. The maximum atomic E-state index is 14.5. The van der Waals surface area contributed by atoms with Gasteiger partial charge in [0, 0.05) is 59.7 Å². The Labute approximate surface area is 293 Å². The first-order valence-electron chi connectivity index (χ1n) is 16.9. The van der Waals surface area contributed by atoms with Crippen LogP contribution < -0.4 is 15.0 Å². The molecule has 0 spiro atoms. The van der Waals surface area contributed by atoms with Crippen molar-refractivity contribution in [3.8, 4) is 39.8 Å². The molecule has 0 aliphatic heterocycles. The second kappa shape index (κ2) is 12.3. The largest absolute Gasteiger partial charge is 0.507 e. The van der Waals surface area contributed by atoms with Gasteiger partial charge in [0.1, 0.15) is 28.6 Å². The molecule has 0 amide bonds. The first kappa shape index (κ1) is 32.8. The number of carbonyl (C=O) groups excluding carboxylic acids is 1. The van der Waals surface area contributed by atoms with Crippen LogP contribution in [0, 0.1) is 5.41 Å². The van der Waals surface area contributed by atoms with Crippen LogP contribution in [0.25, 0.3) is 33.3 Å². The van der Waals surface area contributed by atoms with Crippen LogP contribution in [-0.2, 0) is 5.41 Å². The van der Waals surface area contributed by atoms with E-state index >= 15 is 0 Å². The Hall–Kier alpha value is -5.69. The summed E-state index contributed by atoms with van der Waals surface area (Å²) < 4.78 is 6.80. The van der Waals surface area contributed by atoms with Crippen molar-refractivity contribution in [2.75, 3.05) is 24.3 Å². The zero-order valence-corrected chi connectivity index (χ0v) is 29.6. The number of ether oxygens (including phenoxy) is 1. The van der Waals surface area contributed by atoms with E-state index in [0.29, 0.717) is 61.6 Å². The second-order valence-corrected chi connectivity index (χ2v) is 15.2. The minimum absolute atomic E-state index is 0.0312. The van der Waals surface area contributed by atoms with E-state index in [4.69, 9.17) is 14.9 Å². The van der Waals surface area contributed by atoms with Crippen molar-refractivity contribution in [2.24, 2.45) is 5.41 Å². The highest BCUT2D eigenvalue weighted by Gasteiger charge is 2.33. The topological polar surface area (TPSA) is 87.6 Å². The minimum Gasteiger partial charge on any atom is -0.507 e. The average Bonchev–Trinajstić information content (AvgIpc) is 3.07. The predicted molar refractivity (Wildman–Crippen MR) is 203 cm³/mol. The predicted octanol–water partition coefficient (Wildman–Crippen LogP) is 10.5. The Kier molecular flexibility index (Phi) is 8.10. The van der Waals surface area contributed by atoms with Crippen LogP contribution in [0.15, 0.2) is 103 Å². The fraction of sp³-hybridized carbons (Fsp3) is 0.233. The Morgan fingerprint density at radius 3 is 2.02 bits per heavy atom. The van der Waals surface area contributed by atoms with Gasteiger partial charge < -0.3 is 20.1 Å². The molecule has 0 bridgehead atoms. The summed E-state index contributed by atoms with van der Waals surface area (Å²) in [4.78, 5) is 16.4. The first-order valence-corrected chi connectivity index (χ1v) is 16.9. The molecule has 1 aliphatic carbocycles. The Morgan fingerprint density at radius 2 is 1.38 bits per heavy atom. The average molecular weight is 663 g/mol. The smallest absolute Gasteiger partial charge is 0.196 e. The fourth-order valence-electron chi connectivity index (χ4n) is 7.35. The lowest BCUT2D eigenvalue weighted by atomic mass is 9.72. The van der Waals surface area contributed by atoms with Crippen molar-refractivity contribution < 1.29 is 14.6 Å². The van der Waals surface area contributed by atoms with Gasteiger partial charge in [-0.1, -0.05) is 89.2 Å².